The maximum absolute atomic E-state index is 12.6. The molecule has 0 saturated carbocycles. The molecule has 2 atom stereocenters. The number of benzene rings is 1. The van der Waals surface area contributed by atoms with E-state index in [2.05, 4.69) is 5.32 Å². The van der Waals surface area contributed by atoms with Gasteiger partial charge in [-0.1, -0.05) is 13.8 Å². The molecule has 2 rings (SSSR count). The SMILES string of the molecule is Cc1cc(C(=O)N2CCC(C(C)O)C2)ccc1NC(=O)CC(C)C. The highest BCUT2D eigenvalue weighted by atomic mass is 16.3. The van der Waals surface area contributed by atoms with Crippen LogP contribution in [0.15, 0.2) is 18.2 Å². The zero-order valence-corrected chi connectivity index (χ0v) is 15.0. The van der Waals surface area contributed by atoms with Crippen molar-refractivity contribution in [3.8, 4) is 0 Å². The van der Waals surface area contributed by atoms with Crippen molar-refractivity contribution >= 4 is 17.5 Å². The van der Waals surface area contributed by atoms with Crippen LogP contribution in [-0.4, -0.2) is 41.0 Å². The van der Waals surface area contributed by atoms with Crippen LogP contribution in [0, 0.1) is 18.8 Å². The average Bonchev–Trinajstić information content (AvgIpc) is 2.97. The summed E-state index contributed by atoms with van der Waals surface area (Å²) in [5.41, 5.74) is 2.25. The van der Waals surface area contributed by atoms with Gasteiger partial charge in [0.15, 0.2) is 0 Å². The highest BCUT2D eigenvalue weighted by Gasteiger charge is 2.29. The molecule has 0 aliphatic carbocycles. The third kappa shape index (κ3) is 4.57. The minimum absolute atomic E-state index is 0.00788. The Labute approximate surface area is 144 Å². The minimum atomic E-state index is -0.386. The molecular weight excluding hydrogens is 304 g/mol. The molecule has 1 fully saturated rings. The maximum atomic E-state index is 12.6. The van der Waals surface area contributed by atoms with Gasteiger partial charge in [-0.2, -0.15) is 0 Å². The summed E-state index contributed by atoms with van der Waals surface area (Å²) in [7, 11) is 0. The van der Waals surface area contributed by atoms with Crippen molar-refractivity contribution < 1.29 is 14.7 Å². The van der Waals surface area contributed by atoms with Gasteiger partial charge in [-0.05, 0) is 49.9 Å². The summed E-state index contributed by atoms with van der Waals surface area (Å²) in [5, 5.41) is 12.6. The van der Waals surface area contributed by atoms with Gasteiger partial charge < -0.3 is 15.3 Å². The van der Waals surface area contributed by atoms with Crippen LogP contribution in [0.1, 0.15) is 49.5 Å². The zero-order chi connectivity index (χ0) is 17.9. The number of aryl methyl sites for hydroxylation is 1. The van der Waals surface area contributed by atoms with Gasteiger partial charge in [0, 0.05) is 36.7 Å². The first-order chi connectivity index (χ1) is 11.3. The molecule has 0 bridgehead atoms. The lowest BCUT2D eigenvalue weighted by Gasteiger charge is -2.18. The van der Waals surface area contributed by atoms with Gasteiger partial charge in [0.2, 0.25) is 5.91 Å². The number of carbonyl (C=O) groups excluding carboxylic acids is 2. The predicted octanol–water partition coefficient (Wildman–Crippen LogP) is 2.82. The molecular formula is C19H28N2O3. The Morgan fingerprint density at radius 1 is 1.33 bits per heavy atom. The summed E-state index contributed by atoms with van der Waals surface area (Å²) in [4.78, 5) is 26.3. The summed E-state index contributed by atoms with van der Waals surface area (Å²) in [6, 6.07) is 5.38. The fraction of sp³-hybridized carbons (Fsp3) is 0.579. The molecule has 1 saturated heterocycles. The van der Waals surface area contributed by atoms with Gasteiger partial charge in [0.25, 0.3) is 5.91 Å². The normalized spacial score (nSPS) is 18.8. The minimum Gasteiger partial charge on any atom is -0.393 e. The second-order valence-electron chi connectivity index (χ2n) is 7.22. The van der Waals surface area contributed by atoms with Crippen LogP contribution in [-0.2, 0) is 4.79 Å². The molecule has 132 valence electrons. The standard InChI is InChI=1S/C19H28N2O3/c1-12(2)9-18(23)20-17-6-5-15(10-13(17)3)19(24)21-8-7-16(11-21)14(4)22/h5-6,10,12,14,16,22H,7-9,11H2,1-4H3,(H,20,23). The molecule has 2 unspecified atom stereocenters. The second kappa shape index (κ2) is 7.79. The van der Waals surface area contributed by atoms with Crippen LogP contribution in [0.3, 0.4) is 0 Å². The Morgan fingerprint density at radius 3 is 2.58 bits per heavy atom. The van der Waals surface area contributed by atoms with Crippen molar-refractivity contribution in [3.05, 3.63) is 29.3 Å². The van der Waals surface area contributed by atoms with E-state index in [1.54, 1.807) is 24.0 Å². The van der Waals surface area contributed by atoms with Gasteiger partial charge in [-0.15, -0.1) is 0 Å². The fourth-order valence-corrected chi connectivity index (χ4v) is 3.06. The lowest BCUT2D eigenvalue weighted by molar-refractivity contribution is -0.116. The van der Waals surface area contributed by atoms with Crippen molar-refractivity contribution in [2.75, 3.05) is 18.4 Å². The van der Waals surface area contributed by atoms with Crippen LogP contribution in [0.25, 0.3) is 0 Å². The summed E-state index contributed by atoms with van der Waals surface area (Å²) in [6.07, 6.45) is 0.934. The number of hydrogen-bond donors (Lipinski definition) is 2. The number of carbonyl (C=O) groups is 2. The third-order valence-electron chi connectivity index (χ3n) is 4.54. The van der Waals surface area contributed by atoms with E-state index in [1.807, 2.05) is 26.8 Å². The van der Waals surface area contributed by atoms with Crippen molar-refractivity contribution in [1.29, 1.82) is 0 Å². The largest absolute Gasteiger partial charge is 0.393 e. The molecule has 0 aromatic heterocycles. The van der Waals surface area contributed by atoms with E-state index in [-0.39, 0.29) is 23.8 Å². The van der Waals surface area contributed by atoms with Crippen LogP contribution in [0.4, 0.5) is 5.69 Å². The summed E-state index contributed by atoms with van der Waals surface area (Å²) >= 11 is 0. The topological polar surface area (TPSA) is 69.6 Å². The Hall–Kier alpha value is -1.88. The first kappa shape index (κ1) is 18.5. The van der Waals surface area contributed by atoms with Crippen LogP contribution < -0.4 is 5.32 Å². The zero-order valence-electron chi connectivity index (χ0n) is 15.0. The number of nitrogens with one attached hydrogen (secondary N) is 1. The van der Waals surface area contributed by atoms with Gasteiger partial charge in [-0.3, -0.25) is 9.59 Å². The molecule has 2 amide bonds. The molecule has 5 nitrogen and oxygen atoms in total. The number of anilines is 1. The highest BCUT2D eigenvalue weighted by molar-refractivity contribution is 5.96. The second-order valence-corrected chi connectivity index (χ2v) is 7.22. The molecule has 2 N–H and O–H groups in total. The third-order valence-corrected chi connectivity index (χ3v) is 4.54. The van der Waals surface area contributed by atoms with Gasteiger partial charge in [0.1, 0.15) is 0 Å². The van der Waals surface area contributed by atoms with Gasteiger partial charge in [-0.25, -0.2) is 0 Å². The lowest BCUT2D eigenvalue weighted by Crippen LogP contribution is -2.30. The van der Waals surface area contributed by atoms with Gasteiger partial charge in [0.05, 0.1) is 6.10 Å². The van der Waals surface area contributed by atoms with E-state index in [1.165, 1.54) is 0 Å². The van der Waals surface area contributed by atoms with E-state index < -0.39 is 0 Å². The number of hydrogen-bond acceptors (Lipinski definition) is 3. The Bertz CT molecular complexity index is 611. The van der Waals surface area contributed by atoms with E-state index in [0.717, 1.165) is 17.7 Å². The Kier molecular flexibility index (Phi) is 5.99. The van der Waals surface area contributed by atoms with Crippen LogP contribution >= 0.6 is 0 Å². The number of nitrogens with zero attached hydrogens (tertiary/aromatic N) is 1. The molecule has 1 aliphatic rings. The number of rotatable bonds is 5. The molecule has 0 spiro atoms. The smallest absolute Gasteiger partial charge is 0.253 e. The highest BCUT2D eigenvalue weighted by Crippen LogP contribution is 2.23. The average molecular weight is 332 g/mol. The summed E-state index contributed by atoms with van der Waals surface area (Å²) < 4.78 is 0. The van der Waals surface area contributed by atoms with Crippen LogP contribution in [0.2, 0.25) is 0 Å². The first-order valence-electron chi connectivity index (χ1n) is 8.65. The van der Waals surface area contributed by atoms with Crippen LogP contribution in [0.5, 0.6) is 0 Å². The number of aliphatic hydroxyl groups excluding tert-OH is 1. The predicted molar refractivity (Wildman–Crippen MR) is 95.0 cm³/mol. The summed E-state index contributed by atoms with van der Waals surface area (Å²) in [5.74, 6) is 0.445. The molecule has 1 aromatic carbocycles. The fourth-order valence-electron chi connectivity index (χ4n) is 3.06. The molecule has 5 heteroatoms. The Morgan fingerprint density at radius 2 is 2.04 bits per heavy atom. The number of aliphatic hydroxyl groups is 1. The monoisotopic (exact) mass is 332 g/mol. The molecule has 1 heterocycles. The van der Waals surface area contributed by atoms with Crippen molar-refractivity contribution in [2.45, 2.75) is 46.6 Å². The van der Waals surface area contributed by atoms with Crippen molar-refractivity contribution in [2.24, 2.45) is 11.8 Å². The summed E-state index contributed by atoms with van der Waals surface area (Å²) in [6.45, 7) is 8.96. The molecule has 1 aromatic rings. The number of likely N-dealkylation sites (tertiary alicyclic amines) is 1. The molecule has 1 aliphatic heterocycles. The lowest BCUT2D eigenvalue weighted by atomic mass is 10.0. The van der Waals surface area contributed by atoms with E-state index in [4.69, 9.17) is 0 Å². The van der Waals surface area contributed by atoms with E-state index in [9.17, 15) is 14.7 Å². The van der Waals surface area contributed by atoms with Crippen molar-refractivity contribution in [3.63, 3.8) is 0 Å². The first-order valence-corrected chi connectivity index (χ1v) is 8.65. The van der Waals surface area contributed by atoms with Gasteiger partial charge >= 0.3 is 0 Å². The number of amides is 2. The van der Waals surface area contributed by atoms with Crippen molar-refractivity contribution in [1.82, 2.24) is 4.90 Å². The maximum Gasteiger partial charge on any atom is 0.253 e. The van der Waals surface area contributed by atoms with E-state index >= 15 is 0 Å². The Balaban J connectivity index is 2.04. The van der Waals surface area contributed by atoms with E-state index in [0.29, 0.717) is 31.0 Å². The molecule has 24 heavy (non-hydrogen) atoms. The molecule has 0 radical (unpaired) electrons. The quantitative estimate of drug-likeness (QED) is 0.871.